The summed E-state index contributed by atoms with van der Waals surface area (Å²) in [6.07, 6.45) is 1.90. The van der Waals surface area contributed by atoms with Gasteiger partial charge in [-0.1, -0.05) is 13.8 Å². The Morgan fingerprint density at radius 3 is 2.44 bits per heavy atom. The summed E-state index contributed by atoms with van der Waals surface area (Å²) in [5.41, 5.74) is 1.10. The van der Waals surface area contributed by atoms with Gasteiger partial charge in [0.25, 0.3) is 0 Å². The van der Waals surface area contributed by atoms with Crippen molar-refractivity contribution in [1.82, 2.24) is 4.98 Å². The molecule has 1 aromatic carbocycles. The summed E-state index contributed by atoms with van der Waals surface area (Å²) in [6, 6.07) is 6.11. The number of rotatable bonds is 1. The van der Waals surface area contributed by atoms with E-state index in [0.29, 0.717) is 12.7 Å². The number of hydrogen-bond acceptors (Lipinski definition) is 3. The van der Waals surface area contributed by atoms with Gasteiger partial charge in [0.05, 0.1) is 0 Å². The number of benzene rings is 1. The van der Waals surface area contributed by atoms with Gasteiger partial charge in [0.1, 0.15) is 0 Å². The van der Waals surface area contributed by atoms with E-state index in [1.54, 1.807) is 0 Å². The van der Waals surface area contributed by atoms with E-state index in [4.69, 9.17) is 9.47 Å². The fourth-order valence-electron chi connectivity index (χ4n) is 1.87. The fraction of sp³-hybridized carbons (Fsp3) is 0.308. The molecule has 0 bridgehead atoms. The van der Waals surface area contributed by atoms with Gasteiger partial charge in [-0.2, -0.15) is 0 Å². The molecule has 0 saturated carbocycles. The molecule has 1 aliphatic rings. The number of aromatic nitrogens is 1. The Balaban J connectivity index is 2.20. The normalized spacial score (nSPS) is 13.7. The zero-order valence-electron chi connectivity index (χ0n) is 9.36. The van der Waals surface area contributed by atoms with Crippen LogP contribution in [0.3, 0.4) is 0 Å². The third-order valence-corrected chi connectivity index (χ3v) is 2.83. The molecule has 82 valence electrons. The molecule has 0 fully saturated rings. The summed E-state index contributed by atoms with van der Waals surface area (Å²) in [6.45, 7) is 4.60. The first-order valence-corrected chi connectivity index (χ1v) is 5.43. The highest BCUT2D eigenvalue weighted by atomic mass is 16.7. The fourth-order valence-corrected chi connectivity index (χ4v) is 1.87. The van der Waals surface area contributed by atoms with Crippen molar-refractivity contribution in [2.24, 2.45) is 0 Å². The molecule has 3 heteroatoms. The monoisotopic (exact) mass is 215 g/mol. The van der Waals surface area contributed by atoms with Gasteiger partial charge in [-0.15, -0.1) is 0 Å². The van der Waals surface area contributed by atoms with Crippen LogP contribution >= 0.6 is 0 Å². The van der Waals surface area contributed by atoms with Crippen molar-refractivity contribution in [3.05, 3.63) is 30.1 Å². The molecule has 3 nitrogen and oxygen atoms in total. The molecule has 0 radical (unpaired) electrons. The Bertz CT molecular complexity index is 549. The zero-order valence-corrected chi connectivity index (χ0v) is 9.36. The minimum atomic E-state index is 0.316. The largest absolute Gasteiger partial charge is 0.454 e. The Hall–Kier alpha value is -1.77. The summed E-state index contributed by atoms with van der Waals surface area (Å²) in [5, 5.41) is 2.25. The van der Waals surface area contributed by atoms with Crippen molar-refractivity contribution in [2.45, 2.75) is 19.8 Å². The Morgan fingerprint density at radius 2 is 1.75 bits per heavy atom. The maximum Gasteiger partial charge on any atom is 0.231 e. The van der Waals surface area contributed by atoms with Crippen LogP contribution in [0.15, 0.2) is 24.4 Å². The van der Waals surface area contributed by atoms with Gasteiger partial charge in [0.15, 0.2) is 11.5 Å². The predicted molar refractivity (Wildman–Crippen MR) is 62.0 cm³/mol. The van der Waals surface area contributed by atoms with E-state index in [1.807, 2.05) is 18.3 Å². The van der Waals surface area contributed by atoms with Gasteiger partial charge >= 0.3 is 0 Å². The van der Waals surface area contributed by atoms with E-state index in [9.17, 15) is 0 Å². The summed E-state index contributed by atoms with van der Waals surface area (Å²) in [7, 11) is 0. The van der Waals surface area contributed by atoms with Gasteiger partial charge < -0.3 is 9.47 Å². The van der Waals surface area contributed by atoms with Crippen molar-refractivity contribution >= 4 is 10.8 Å². The number of fused-ring (bicyclic) bond motifs is 2. The summed E-state index contributed by atoms with van der Waals surface area (Å²) >= 11 is 0. The first kappa shape index (κ1) is 9.46. The van der Waals surface area contributed by atoms with E-state index in [2.05, 4.69) is 24.9 Å². The lowest BCUT2D eigenvalue weighted by Crippen LogP contribution is -1.92. The molecule has 0 amide bonds. The summed E-state index contributed by atoms with van der Waals surface area (Å²) < 4.78 is 10.7. The quantitative estimate of drug-likeness (QED) is 0.732. The lowest BCUT2D eigenvalue weighted by molar-refractivity contribution is 0.174. The average molecular weight is 215 g/mol. The highest BCUT2D eigenvalue weighted by Crippen LogP contribution is 2.36. The first-order valence-electron chi connectivity index (χ1n) is 5.43. The van der Waals surface area contributed by atoms with Gasteiger partial charge in [0.2, 0.25) is 6.79 Å². The maximum atomic E-state index is 5.36. The van der Waals surface area contributed by atoms with Gasteiger partial charge in [-0.05, 0) is 29.5 Å². The molecule has 0 spiro atoms. The molecule has 1 aliphatic heterocycles. The van der Waals surface area contributed by atoms with Crippen molar-refractivity contribution in [1.29, 1.82) is 0 Å². The number of hydrogen-bond donors (Lipinski definition) is 0. The van der Waals surface area contributed by atoms with E-state index in [1.165, 1.54) is 0 Å². The molecule has 3 rings (SSSR count). The minimum absolute atomic E-state index is 0.316. The summed E-state index contributed by atoms with van der Waals surface area (Å²) in [5.74, 6) is 2.08. The Kier molecular flexibility index (Phi) is 1.99. The molecule has 0 aliphatic carbocycles. The third-order valence-electron chi connectivity index (χ3n) is 2.83. The van der Waals surface area contributed by atoms with E-state index in [-0.39, 0.29) is 0 Å². The molecule has 0 unspecified atom stereocenters. The Labute approximate surface area is 94.0 Å². The molecule has 1 aromatic heterocycles. The lowest BCUT2D eigenvalue weighted by Gasteiger charge is -2.06. The first-order chi connectivity index (χ1) is 7.74. The van der Waals surface area contributed by atoms with Gasteiger partial charge in [-0.25, -0.2) is 0 Å². The highest BCUT2D eigenvalue weighted by Gasteiger charge is 2.14. The molecular weight excluding hydrogens is 202 g/mol. The van der Waals surface area contributed by atoms with Crippen LogP contribution in [0.2, 0.25) is 0 Å². The van der Waals surface area contributed by atoms with Gasteiger partial charge in [0, 0.05) is 17.3 Å². The van der Waals surface area contributed by atoms with Crippen LogP contribution in [0.5, 0.6) is 11.5 Å². The zero-order chi connectivity index (χ0) is 11.1. The second-order valence-corrected chi connectivity index (χ2v) is 4.32. The molecule has 2 heterocycles. The van der Waals surface area contributed by atoms with E-state index in [0.717, 1.165) is 28.0 Å². The van der Waals surface area contributed by atoms with Crippen LogP contribution in [0.25, 0.3) is 10.8 Å². The van der Waals surface area contributed by atoms with Crippen LogP contribution in [0.1, 0.15) is 25.5 Å². The van der Waals surface area contributed by atoms with Crippen LogP contribution in [0, 0.1) is 0 Å². The van der Waals surface area contributed by atoms with Crippen LogP contribution in [-0.2, 0) is 0 Å². The lowest BCUT2D eigenvalue weighted by atomic mass is 10.1. The second kappa shape index (κ2) is 3.37. The smallest absolute Gasteiger partial charge is 0.231 e. The molecule has 0 atom stereocenters. The van der Waals surface area contributed by atoms with Crippen molar-refractivity contribution in [3.63, 3.8) is 0 Å². The SMILES string of the molecule is CC(C)c1cc2cc3c(cc2cn1)OCO3. The molecular formula is C13H13NO2. The van der Waals surface area contributed by atoms with Crippen LogP contribution < -0.4 is 9.47 Å². The van der Waals surface area contributed by atoms with Crippen molar-refractivity contribution in [3.8, 4) is 11.5 Å². The predicted octanol–water partition coefficient (Wildman–Crippen LogP) is 3.09. The number of pyridine rings is 1. The number of nitrogens with zero attached hydrogens (tertiary/aromatic N) is 1. The van der Waals surface area contributed by atoms with E-state index >= 15 is 0 Å². The average Bonchev–Trinajstić information content (AvgIpc) is 2.71. The number of ether oxygens (including phenoxy) is 2. The topological polar surface area (TPSA) is 31.4 Å². The highest BCUT2D eigenvalue weighted by molar-refractivity contribution is 5.86. The standard InChI is InChI=1S/C13H13NO2/c1-8(2)11-3-9-4-12-13(16-7-15-12)5-10(9)6-14-11/h3-6,8H,7H2,1-2H3. The molecule has 16 heavy (non-hydrogen) atoms. The van der Waals surface area contributed by atoms with E-state index < -0.39 is 0 Å². The summed E-state index contributed by atoms with van der Waals surface area (Å²) in [4.78, 5) is 4.44. The van der Waals surface area contributed by atoms with Crippen molar-refractivity contribution in [2.75, 3.05) is 6.79 Å². The van der Waals surface area contributed by atoms with Crippen LogP contribution in [-0.4, -0.2) is 11.8 Å². The van der Waals surface area contributed by atoms with Crippen molar-refractivity contribution < 1.29 is 9.47 Å². The molecule has 0 saturated heterocycles. The van der Waals surface area contributed by atoms with Gasteiger partial charge in [-0.3, -0.25) is 4.98 Å². The minimum Gasteiger partial charge on any atom is -0.454 e. The third kappa shape index (κ3) is 1.40. The molecule has 0 N–H and O–H groups in total. The van der Waals surface area contributed by atoms with Crippen LogP contribution in [0.4, 0.5) is 0 Å². The molecule has 2 aromatic rings. The maximum absolute atomic E-state index is 5.36. The Morgan fingerprint density at radius 1 is 1.06 bits per heavy atom. The second-order valence-electron chi connectivity index (χ2n) is 4.32.